The minimum atomic E-state index is -0.346. The number of hydrogen-bond acceptors (Lipinski definition) is 6. The summed E-state index contributed by atoms with van der Waals surface area (Å²) < 4.78 is 0. The Morgan fingerprint density at radius 2 is 2.22 bits per heavy atom. The lowest BCUT2D eigenvalue weighted by Crippen LogP contribution is -2.53. The summed E-state index contributed by atoms with van der Waals surface area (Å²) in [4.78, 5) is 11.2. The van der Waals surface area contributed by atoms with Crippen LogP contribution in [0.2, 0.25) is 0 Å². The number of nitrogens with zero attached hydrogens (tertiary/aromatic N) is 3. The zero-order valence-corrected chi connectivity index (χ0v) is 16.5. The van der Waals surface area contributed by atoms with Crippen molar-refractivity contribution >= 4 is 11.3 Å². The quantitative estimate of drug-likeness (QED) is 0.740. The van der Waals surface area contributed by atoms with Crippen molar-refractivity contribution in [2.45, 2.75) is 31.5 Å². The van der Waals surface area contributed by atoms with Crippen LogP contribution in [-0.2, 0) is 13.0 Å². The highest BCUT2D eigenvalue weighted by Crippen LogP contribution is 2.22. The van der Waals surface area contributed by atoms with Gasteiger partial charge < -0.3 is 15.1 Å². The molecule has 0 saturated carbocycles. The molecule has 1 fully saturated rings. The predicted molar refractivity (Wildman–Crippen MR) is 109 cm³/mol. The number of aliphatic hydroxyl groups excluding tert-OH is 2. The molecule has 1 saturated heterocycles. The molecule has 6 heteroatoms. The second-order valence-corrected chi connectivity index (χ2v) is 8.10. The monoisotopic (exact) mass is 385 g/mol. The van der Waals surface area contributed by atoms with Gasteiger partial charge in [0.15, 0.2) is 0 Å². The van der Waals surface area contributed by atoms with E-state index in [0.29, 0.717) is 6.54 Å². The normalized spacial score (nSPS) is 20.4. The van der Waals surface area contributed by atoms with Gasteiger partial charge in [0, 0.05) is 55.4 Å². The van der Waals surface area contributed by atoms with Gasteiger partial charge in [0.2, 0.25) is 0 Å². The Balaban J connectivity index is 1.47. The molecule has 1 aliphatic rings. The lowest BCUT2D eigenvalue weighted by atomic mass is 10.00. The molecule has 0 spiro atoms. The minimum absolute atomic E-state index is 0.110. The van der Waals surface area contributed by atoms with Crippen LogP contribution in [-0.4, -0.2) is 70.4 Å². The first-order valence-corrected chi connectivity index (χ1v) is 10.2. The molecule has 27 heavy (non-hydrogen) atoms. The molecule has 0 aliphatic carbocycles. The number of β-amino-alcohol motifs (C(OH)–C–C–N with tert-alkyl or cyclic N) is 1. The van der Waals surface area contributed by atoms with E-state index in [0.717, 1.165) is 43.0 Å². The predicted octanol–water partition coefficient (Wildman–Crippen LogP) is 1.60. The van der Waals surface area contributed by atoms with E-state index in [1.54, 1.807) is 11.3 Å². The highest BCUT2D eigenvalue weighted by atomic mass is 32.1. The number of piperidine rings is 1. The van der Waals surface area contributed by atoms with Crippen LogP contribution in [0.3, 0.4) is 0 Å². The molecule has 0 amide bonds. The van der Waals surface area contributed by atoms with Crippen molar-refractivity contribution in [3.63, 3.8) is 0 Å². The Hall–Kier alpha value is -1.75. The largest absolute Gasteiger partial charge is 0.390 e. The van der Waals surface area contributed by atoms with Crippen LogP contribution in [0.15, 0.2) is 36.5 Å². The van der Waals surface area contributed by atoms with Crippen molar-refractivity contribution in [1.82, 2.24) is 14.8 Å². The molecule has 0 unspecified atom stereocenters. The molecule has 2 atom stereocenters. The van der Waals surface area contributed by atoms with E-state index >= 15 is 0 Å². The summed E-state index contributed by atoms with van der Waals surface area (Å²) in [5.74, 6) is 5.63. The van der Waals surface area contributed by atoms with Crippen molar-refractivity contribution in [1.29, 1.82) is 0 Å². The third-order valence-electron chi connectivity index (χ3n) is 4.98. The Bertz CT molecular complexity index is 768. The summed E-state index contributed by atoms with van der Waals surface area (Å²) in [6, 6.07) is 10.3. The number of hydrogen-bond donors (Lipinski definition) is 2. The topological polar surface area (TPSA) is 59.8 Å². The molecular weight excluding hydrogens is 358 g/mol. The Morgan fingerprint density at radius 1 is 1.33 bits per heavy atom. The molecular formula is C21H27N3O2S. The average molecular weight is 386 g/mol. The summed E-state index contributed by atoms with van der Waals surface area (Å²) >= 11 is 1.66. The van der Waals surface area contributed by atoms with Crippen LogP contribution in [0.1, 0.15) is 21.9 Å². The van der Waals surface area contributed by atoms with Crippen LogP contribution >= 0.6 is 11.3 Å². The molecule has 3 heterocycles. The number of pyridine rings is 1. The standard InChI is InChI=1S/C21H27N3O2S/c1-23(12-9-17-5-2-3-11-22-17)20-10-13-24(16-21(20)26)15-19-8-7-18(27-19)6-4-14-25/h2-3,5,7-8,11,20-21,25-26H,9-10,12-16H2,1H3/t20-,21-/m1/s1. The fourth-order valence-corrected chi connectivity index (χ4v) is 4.45. The molecule has 2 aromatic heterocycles. The van der Waals surface area contributed by atoms with Gasteiger partial charge in [-0.05, 0) is 37.7 Å². The summed E-state index contributed by atoms with van der Waals surface area (Å²) in [6.45, 7) is 3.30. The fourth-order valence-electron chi connectivity index (χ4n) is 3.52. The number of thiophene rings is 1. The maximum atomic E-state index is 10.7. The van der Waals surface area contributed by atoms with Gasteiger partial charge in [0.25, 0.3) is 0 Å². The van der Waals surface area contributed by atoms with E-state index in [2.05, 4.69) is 39.7 Å². The first kappa shape index (κ1) is 20.0. The third kappa shape index (κ3) is 5.86. The van der Waals surface area contributed by atoms with Crippen molar-refractivity contribution in [2.24, 2.45) is 0 Å². The van der Waals surface area contributed by atoms with Gasteiger partial charge in [-0.1, -0.05) is 17.9 Å². The lowest BCUT2D eigenvalue weighted by molar-refractivity contribution is -0.00591. The third-order valence-corrected chi connectivity index (χ3v) is 5.96. The summed E-state index contributed by atoms with van der Waals surface area (Å²) in [5.41, 5.74) is 1.09. The van der Waals surface area contributed by atoms with E-state index < -0.39 is 0 Å². The van der Waals surface area contributed by atoms with Gasteiger partial charge in [-0.15, -0.1) is 11.3 Å². The Morgan fingerprint density at radius 3 is 2.96 bits per heavy atom. The number of rotatable bonds is 6. The van der Waals surface area contributed by atoms with Gasteiger partial charge in [-0.25, -0.2) is 0 Å². The molecule has 0 aromatic carbocycles. The number of aliphatic hydroxyl groups is 2. The molecule has 2 aromatic rings. The van der Waals surface area contributed by atoms with Crippen molar-refractivity contribution in [2.75, 3.05) is 33.3 Å². The highest BCUT2D eigenvalue weighted by Gasteiger charge is 2.30. The first-order valence-electron chi connectivity index (χ1n) is 9.34. The van der Waals surface area contributed by atoms with Crippen LogP contribution in [0.4, 0.5) is 0 Å². The van der Waals surface area contributed by atoms with E-state index in [1.807, 2.05) is 30.5 Å². The summed E-state index contributed by atoms with van der Waals surface area (Å²) in [5, 5.41) is 19.4. The lowest BCUT2D eigenvalue weighted by Gasteiger charge is -2.40. The molecule has 0 radical (unpaired) electrons. The van der Waals surface area contributed by atoms with Crippen molar-refractivity contribution in [3.05, 3.63) is 52.0 Å². The molecule has 0 bridgehead atoms. The van der Waals surface area contributed by atoms with E-state index in [-0.39, 0.29) is 18.8 Å². The fraction of sp³-hybridized carbons (Fsp3) is 0.476. The van der Waals surface area contributed by atoms with E-state index in [4.69, 9.17) is 5.11 Å². The van der Waals surface area contributed by atoms with E-state index in [9.17, 15) is 5.11 Å². The van der Waals surface area contributed by atoms with Gasteiger partial charge in [0.1, 0.15) is 6.61 Å². The number of likely N-dealkylation sites (tertiary alicyclic amines) is 1. The molecule has 3 rings (SSSR count). The second kappa shape index (κ2) is 9.98. The molecule has 5 nitrogen and oxygen atoms in total. The number of aromatic nitrogens is 1. The van der Waals surface area contributed by atoms with Crippen LogP contribution < -0.4 is 0 Å². The van der Waals surface area contributed by atoms with Gasteiger partial charge in [0.05, 0.1) is 11.0 Å². The average Bonchev–Trinajstić information content (AvgIpc) is 3.12. The Labute approximate surface area is 165 Å². The maximum Gasteiger partial charge on any atom is 0.104 e. The van der Waals surface area contributed by atoms with Crippen LogP contribution in [0, 0.1) is 11.8 Å². The maximum absolute atomic E-state index is 10.7. The van der Waals surface area contributed by atoms with Gasteiger partial charge in [-0.2, -0.15) is 0 Å². The highest BCUT2D eigenvalue weighted by molar-refractivity contribution is 7.12. The molecule has 1 aliphatic heterocycles. The summed E-state index contributed by atoms with van der Waals surface area (Å²) in [6.07, 6.45) is 3.34. The van der Waals surface area contributed by atoms with Crippen molar-refractivity contribution < 1.29 is 10.2 Å². The Kier molecular flexibility index (Phi) is 7.39. The van der Waals surface area contributed by atoms with Crippen LogP contribution in [0.25, 0.3) is 0 Å². The zero-order chi connectivity index (χ0) is 19.1. The molecule has 2 N–H and O–H groups in total. The second-order valence-electron chi connectivity index (χ2n) is 6.94. The van der Waals surface area contributed by atoms with Crippen LogP contribution in [0.5, 0.6) is 0 Å². The number of likely N-dealkylation sites (N-methyl/N-ethyl adjacent to an activating group) is 1. The summed E-state index contributed by atoms with van der Waals surface area (Å²) in [7, 11) is 2.10. The molecule has 144 valence electrons. The van der Waals surface area contributed by atoms with E-state index in [1.165, 1.54) is 4.88 Å². The smallest absolute Gasteiger partial charge is 0.104 e. The zero-order valence-electron chi connectivity index (χ0n) is 15.7. The first-order chi connectivity index (χ1) is 13.2. The van der Waals surface area contributed by atoms with Gasteiger partial charge in [-0.3, -0.25) is 9.88 Å². The minimum Gasteiger partial charge on any atom is -0.390 e. The van der Waals surface area contributed by atoms with Gasteiger partial charge >= 0.3 is 0 Å². The SMILES string of the molecule is CN(CCc1ccccn1)[C@@H]1CCN(Cc2ccc(C#CCO)s2)C[C@H]1O. The van der Waals surface area contributed by atoms with Crippen molar-refractivity contribution in [3.8, 4) is 11.8 Å².